The van der Waals surface area contributed by atoms with E-state index in [0.717, 1.165) is 59.7 Å². The van der Waals surface area contributed by atoms with Crippen LogP contribution in [0, 0.1) is 17.7 Å². The van der Waals surface area contributed by atoms with Gasteiger partial charge in [-0.15, -0.1) is 0 Å². The first-order valence-electron chi connectivity index (χ1n) is 13.0. The molecule has 36 heavy (non-hydrogen) atoms. The Morgan fingerprint density at radius 1 is 0.972 bits per heavy atom. The number of benzene rings is 2. The highest BCUT2D eigenvalue weighted by molar-refractivity contribution is 5.83. The van der Waals surface area contributed by atoms with E-state index in [-0.39, 0.29) is 5.82 Å². The monoisotopic (exact) mass is 486 g/mol. The number of rotatable bonds is 10. The molecule has 3 aliphatic carbocycles. The van der Waals surface area contributed by atoms with Crippen molar-refractivity contribution in [2.24, 2.45) is 11.8 Å². The van der Waals surface area contributed by atoms with Crippen molar-refractivity contribution in [3.63, 3.8) is 0 Å². The molecular formula is C29H31FN4O2. The quantitative estimate of drug-likeness (QED) is 0.357. The van der Waals surface area contributed by atoms with E-state index in [1.54, 1.807) is 12.1 Å². The largest absolute Gasteiger partial charge is 0.481 e. The molecule has 6 nitrogen and oxygen atoms in total. The average molecular weight is 487 g/mol. The molecule has 3 saturated carbocycles. The molecule has 2 aromatic carbocycles. The molecule has 0 spiro atoms. The second kappa shape index (κ2) is 9.19. The third-order valence-electron chi connectivity index (χ3n) is 7.84. The van der Waals surface area contributed by atoms with Crippen LogP contribution in [0.2, 0.25) is 0 Å². The zero-order chi connectivity index (χ0) is 24.7. The van der Waals surface area contributed by atoms with Gasteiger partial charge in [-0.05, 0) is 92.3 Å². The Morgan fingerprint density at radius 2 is 1.61 bits per heavy atom. The van der Waals surface area contributed by atoms with Gasteiger partial charge >= 0.3 is 5.97 Å². The minimum absolute atomic E-state index is 0.277. The molecular weight excluding hydrogens is 455 g/mol. The van der Waals surface area contributed by atoms with Gasteiger partial charge in [0.05, 0.1) is 11.1 Å². The molecule has 0 aliphatic heterocycles. The number of nitrogens with zero attached hydrogens (tertiary/aromatic N) is 3. The lowest BCUT2D eigenvalue weighted by Crippen LogP contribution is -2.42. The van der Waals surface area contributed by atoms with Crippen molar-refractivity contribution >= 4 is 23.4 Å². The van der Waals surface area contributed by atoms with Crippen LogP contribution >= 0.6 is 0 Å². The lowest BCUT2D eigenvalue weighted by Gasteiger charge is -2.38. The van der Waals surface area contributed by atoms with Crippen LogP contribution in [0.15, 0.2) is 54.6 Å². The summed E-state index contributed by atoms with van der Waals surface area (Å²) in [5.41, 5.74) is 2.47. The fourth-order valence-corrected chi connectivity index (χ4v) is 5.06. The maximum atomic E-state index is 13.6. The van der Waals surface area contributed by atoms with Gasteiger partial charge in [-0.1, -0.05) is 18.6 Å². The van der Waals surface area contributed by atoms with Gasteiger partial charge in [0.1, 0.15) is 11.6 Å². The van der Waals surface area contributed by atoms with E-state index in [4.69, 9.17) is 9.97 Å². The molecule has 186 valence electrons. The number of hydrogen-bond acceptors (Lipinski definition) is 5. The predicted molar refractivity (Wildman–Crippen MR) is 138 cm³/mol. The number of nitrogens with one attached hydrogen (secondary N) is 1. The van der Waals surface area contributed by atoms with Gasteiger partial charge in [0.15, 0.2) is 0 Å². The lowest BCUT2D eigenvalue weighted by molar-refractivity contribution is -0.147. The second-order valence-corrected chi connectivity index (χ2v) is 10.7. The Hall–Kier alpha value is -3.48. The zero-order valence-electron chi connectivity index (χ0n) is 20.3. The number of hydrogen-bond donors (Lipinski definition) is 2. The van der Waals surface area contributed by atoms with Crippen molar-refractivity contribution in [3.8, 4) is 11.3 Å². The molecule has 0 amide bonds. The van der Waals surface area contributed by atoms with Gasteiger partial charge in [-0.25, -0.2) is 9.37 Å². The van der Waals surface area contributed by atoms with E-state index in [1.165, 1.54) is 37.8 Å². The molecule has 0 radical (unpaired) electrons. The SMILES string of the molecule is O=C(O)C1(c2ccc(Nc3nc(-c4ccc(F)cc4)cc(N(CC4CC4)CC4CC4)n3)cc2)CCC1. The van der Waals surface area contributed by atoms with Crippen LogP contribution in [0.25, 0.3) is 11.3 Å². The maximum Gasteiger partial charge on any atom is 0.314 e. The zero-order valence-corrected chi connectivity index (χ0v) is 20.3. The number of carbonyl (C=O) groups is 1. The van der Waals surface area contributed by atoms with Crippen molar-refractivity contribution < 1.29 is 14.3 Å². The third-order valence-corrected chi connectivity index (χ3v) is 7.84. The summed E-state index contributed by atoms with van der Waals surface area (Å²) in [5.74, 6) is 1.80. The van der Waals surface area contributed by atoms with E-state index in [2.05, 4.69) is 10.2 Å². The summed E-state index contributed by atoms with van der Waals surface area (Å²) in [4.78, 5) is 23.9. The van der Waals surface area contributed by atoms with Crippen LogP contribution in [-0.4, -0.2) is 34.1 Å². The molecule has 7 heteroatoms. The molecule has 2 N–H and O–H groups in total. The summed E-state index contributed by atoms with van der Waals surface area (Å²) in [6.07, 6.45) is 7.38. The molecule has 3 aliphatic rings. The van der Waals surface area contributed by atoms with Crippen molar-refractivity contribution in [1.29, 1.82) is 0 Å². The van der Waals surface area contributed by atoms with Crippen LogP contribution in [0.5, 0.6) is 0 Å². The Morgan fingerprint density at radius 3 is 2.14 bits per heavy atom. The van der Waals surface area contributed by atoms with Crippen LogP contribution in [0.1, 0.15) is 50.5 Å². The molecule has 3 fully saturated rings. The van der Waals surface area contributed by atoms with Crippen LogP contribution < -0.4 is 10.2 Å². The minimum Gasteiger partial charge on any atom is -0.481 e. The number of carboxylic acids is 1. The summed E-state index contributed by atoms with van der Waals surface area (Å²) in [6.45, 7) is 2.00. The molecule has 3 aromatic rings. The highest BCUT2D eigenvalue weighted by Crippen LogP contribution is 2.44. The van der Waals surface area contributed by atoms with Gasteiger partial charge in [0.2, 0.25) is 5.95 Å². The molecule has 0 bridgehead atoms. The van der Waals surface area contributed by atoms with Crippen LogP contribution in [0.3, 0.4) is 0 Å². The normalized spacial score (nSPS) is 18.4. The van der Waals surface area contributed by atoms with Gasteiger partial charge in [0, 0.05) is 30.4 Å². The van der Waals surface area contributed by atoms with Crippen molar-refractivity contribution in [2.45, 2.75) is 50.4 Å². The number of aromatic nitrogens is 2. The van der Waals surface area contributed by atoms with Crippen molar-refractivity contribution in [1.82, 2.24) is 9.97 Å². The minimum atomic E-state index is -0.753. The Balaban J connectivity index is 1.31. The van der Waals surface area contributed by atoms with E-state index in [0.29, 0.717) is 18.8 Å². The molecule has 0 unspecified atom stereocenters. The molecule has 0 saturated heterocycles. The first-order chi connectivity index (χ1) is 17.5. The second-order valence-electron chi connectivity index (χ2n) is 10.7. The summed E-state index contributed by atoms with van der Waals surface area (Å²) < 4.78 is 13.6. The van der Waals surface area contributed by atoms with Crippen molar-refractivity contribution in [3.05, 3.63) is 66.0 Å². The smallest absolute Gasteiger partial charge is 0.314 e. The highest BCUT2D eigenvalue weighted by Gasteiger charge is 2.45. The van der Waals surface area contributed by atoms with Gasteiger partial charge in [-0.3, -0.25) is 4.79 Å². The Labute approximate surface area is 210 Å². The number of aliphatic carboxylic acids is 1. The molecule has 6 rings (SSSR count). The number of carboxylic acid groups (broad SMARTS) is 1. The fourth-order valence-electron chi connectivity index (χ4n) is 5.06. The predicted octanol–water partition coefficient (Wildman–Crippen LogP) is 6.16. The van der Waals surface area contributed by atoms with Crippen molar-refractivity contribution in [2.75, 3.05) is 23.3 Å². The highest BCUT2D eigenvalue weighted by atomic mass is 19.1. The summed E-state index contributed by atoms with van der Waals surface area (Å²) >= 11 is 0. The van der Waals surface area contributed by atoms with Gasteiger partial charge in [0.25, 0.3) is 0 Å². The standard InChI is InChI=1S/C29H31FN4O2/c30-23-10-6-21(7-11-23)25-16-26(34(17-19-2-3-19)18-20-4-5-20)33-28(32-25)31-24-12-8-22(9-13-24)29(27(35)36)14-1-15-29/h6-13,16,19-20H,1-5,14-15,17-18H2,(H,35,36)(H,31,32,33). The lowest BCUT2D eigenvalue weighted by atomic mass is 9.64. The number of halogens is 1. The first-order valence-corrected chi connectivity index (χ1v) is 13.0. The van der Waals surface area contributed by atoms with Crippen LogP contribution in [-0.2, 0) is 10.2 Å². The average Bonchev–Trinajstić information content (AvgIpc) is 3.76. The van der Waals surface area contributed by atoms with Gasteiger partial charge in [-0.2, -0.15) is 4.98 Å². The molecule has 1 heterocycles. The van der Waals surface area contributed by atoms with Gasteiger partial charge < -0.3 is 15.3 Å². The Bertz CT molecular complexity index is 1240. The molecule has 0 atom stereocenters. The summed E-state index contributed by atoms with van der Waals surface area (Å²) in [7, 11) is 0. The third kappa shape index (κ3) is 4.79. The maximum absolute atomic E-state index is 13.6. The summed E-state index contributed by atoms with van der Waals surface area (Å²) in [6, 6.07) is 16.0. The van der Waals surface area contributed by atoms with E-state index < -0.39 is 11.4 Å². The van der Waals surface area contributed by atoms with E-state index in [1.807, 2.05) is 30.3 Å². The van der Waals surface area contributed by atoms with E-state index >= 15 is 0 Å². The topological polar surface area (TPSA) is 78.3 Å². The Kier molecular flexibility index (Phi) is 5.86. The van der Waals surface area contributed by atoms with E-state index in [9.17, 15) is 14.3 Å². The number of anilines is 3. The van der Waals surface area contributed by atoms with Crippen LogP contribution in [0.4, 0.5) is 21.8 Å². The first kappa shape index (κ1) is 23.0. The fraction of sp³-hybridized carbons (Fsp3) is 0.414. The summed E-state index contributed by atoms with van der Waals surface area (Å²) in [5, 5.41) is 13.1. The molecule has 1 aromatic heterocycles.